The van der Waals surface area contributed by atoms with E-state index in [4.69, 9.17) is 20.0 Å². The van der Waals surface area contributed by atoms with Crippen molar-refractivity contribution in [2.24, 2.45) is 20.0 Å². The second-order valence-corrected chi connectivity index (χ2v) is 12.6. The third kappa shape index (κ3) is 10.2. The Morgan fingerprint density at radius 3 is 0.775 bits per heavy atom. The molecule has 4 nitrogen and oxygen atoms in total. The normalized spacial score (nSPS) is 17.6. The zero-order chi connectivity index (χ0) is 29.1. The predicted octanol–water partition coefficient (Wildman–Crippen LogP) is 11.7. The van der Waals surface area contributed by atoms with Crippen molar-refractivity contribution in [3.63, 3.8) is 0 Å². The molecular formula is C36H66N4. The topological polar surface area (TPSA) is 49.4 Å². The average Bonchev–Trinajstić information content (AvgIpc) is 3.49. The van der Waals surface area contributed by atoms with E-state index in [1.165, 1.54) is 126 Å². The molecule has 0 radical (unpaired) electrons. The number of hydrogen-bond donors (Lipinski definition) is 0. The van der Waals surface area contributed by atoms with Crippen molar-refractivity contribution in [3.8, 4) is 0 Å². The summed E-state index contributed by atoms with van der Waals surface area (Å²) in [4.78, 5) is 22.9. The highest BCUT2D eigenvalue weighted by molar-refractivity contribution is 6.44. The minimum Gasteiger partial charge on any atom is -0.253 e. The molecule has 0 fully saturated rings. The second-order valence-electron chi connectivity index (χ2n) is 12.6. The van der Waals surface area contributed by atoms with Crippen molar-refractivity contribution in [1.82, 2.24) is 0 Å². The molecule has 0 aromatic heterocycles. The molecule has 0 amide bonds. The standard InChI is InChI=1S/C36H66N4/c1-7-13-19-25-31-32(26-20-14-8-2)38-35(37-31,29-23-17-11-5)36(30-24-18-12-6)39-33(27-21-15-9-3)34(40-36)28-22-16-10-4/h7-30H2,1-6H3. The molecule has 4 heteroatoms. The van der Waals surface area contributed by atoms with Gasteiger partial charge in [0.25, 0.3) is 0 Å². The molecule has 40 heavy (non-hydrogen) atoms. The lowest BCUT2D eigenvalue weighted by molar-refractivity contribution is 0.209. The Balaban J connectivity index is 2.62. The van der Waals surface area contributed by atoms with E-state index in [9.17, 15) is 0 Å². The van der Waals surface area contributed by atoms with Crippen molar-refractivity contribution in [3.05, 3.63) is 0 Å². The van der Waals surface area contributed by atoms with Gasteiger partial charge < -0.3 is 0 Å². The van der Waals surface area contributed by atoms with E-state index < -0.39 is 11.3 Å². The third-order valence-electron chi connectivity index (χ3n) is 8.91. The lowest BCUT2D eigenvalue weighted by Crippen LogP contribution is -2.47. The van der Waals surface area contributed by atoms with Crippen molar-refractivity contribution >= 4 is 22.8 Å². The Labute approximate surface area is 249 Å². The first-order valence-corrected chi connectivity index (χ1v) is 17.9. The molecule has 0 unspecified atom stereocenters. The maximum absolute atomic E-state index is 5.72. The van der Waals surface area contributed by atoms with E-state index in [0.29, 0.717) is 0 Å². The summed E-state index contributed by atoms with van der Waals surface area (Å²) in [6, 6.07) is 0. The van der Waals surface area contributed by atoms with Crippen LogP contribution in [0.1, 0.15) is 196 Å². The van der Waals surface area contributed by atoms with Gasteiger partial charge in [0.2, 0.25) is 0 Å². The van der Waals surface area contributed by atoms with Gasteiger partial charge in [-0.3, -0.25) is 20.0 Å². The minimum absolute atomic E-state index is 0.540. The molecule has 2 aliphatic heterocycles. The summed E-state index contributed by atoms with van der Waals surface area (Å²) in [7, 11) is 0. The monoisotopic (exact) mass is 555 g/mol. The SMILES string of the molecule is CCCCCC1=NC(CCCCC)(C2(CCCCC)N=C(CCCCC)C(CCCCC)=N2)N=C1CCCCC. The fourth-order valence-corrected chi connectivity index (χ4v) is 6.40. The van der Waals surface area contributed by atoms with Gasteiger partial charge in [-0.05, 0) is 77.0 Å². The highest BCUT2D eigenvalue weighted by atomic mass is 15.3. The fourth-order valence-electron chi connectivity index (χ4n) is 6.40. The Kier molecular flexibility index (Phi) is 17.2. The Morgan fingerprint density at radius 1 is 0.325 bits per heavy atom. The zero-order valence-corrected chi connectivity index (χ0v) is 27.8. The molecule has 0 atom stereocenters. The van der Waals surface area contributed by atoms with Gasteiger partial charge in [0, 0.05) is 0 Å². The van der Waals surface area contributed by atoms with Crippen LogP contribution in [0, 0.1) is 0 Å². The van der Waals surface area contributed by atoms with Crippen molar-refractivity contribution in [1.29, 1.82) is 0 Å². The summed E-state index contributed by atoms with van der Waals surface area (Å²) in [6.07, 6.45) is 28.4. The van der Waals surface area contributed by atoms with E-state index in [2.05, 4.69) is 41.5 Å². The Morgan fingerprint density at radius 2 is 0.550 bits per heavy atom. The summed E-state index contributed by atoms with van der Waals surface area (Å²) in [6.45, 7) is 13.8. The van der Waals surface area contributed by atoms with Gasteiger partial charge in [-0.15, -0.1) is 0 Å². The highest BCUT2D eigenvalue weighted by Crippen LogP contribution is 2.47. The van der Waals surface area contributed by atoms with Crippen LogP contribution in [-0.2, 0) is 0 Å². The maximum Gasteiger partial charge on any atom is 0.195 e. The van der Waals surface area contributed by atoms with Crippen LogP contribution in [0.3, 0.4) is 0 Å². The summed E-state index contributed by atoms with van der Waals surface area (Å²) in [5.41, 5.74) is 4.12. The molecular weight excluding hydrogens is 488 g/mol. The van der Waals surface area contributed by atoms with E-state index in [-0.39, 0.29) is 0 Å². The summed E-state index contributed by atoms with van der Waals surface area (Å²) < 4.78 is 0. The molecule has 0 spiro atoms. The second kappa shape index (κ2) is 19.7. The van der Waals surface area contributed by atoms with Gasteiger partial charge in [-0.2, -0.15) is 0 Å². The zero-order valence-electron chi connectivity index (χ0n) is 27.8. The molecule has 0 N–H and O–H groups in total. The van der Waals surface area contributed by atoms with Crippen LogP contribution in [0.25, 0.3) is 0 Å². The van der Waals surface area contributed by atoms with Gasteiger partial charge in [-0.1, -0.05) is 119 Å². The van der Waals surface area contributed by atoms with Crippen LogP contribution in [0.15, 0.2) is 20.0 Å². The highest BCUT2D eigenvalue weighted by Gasteiger charge is 2.56. The van der Waals surface area contributed by atoms with Crippen LogP contribution in [0.4, 0.5) is 0 Å². The molecule has 2 heterocycles. The number of aliphatic imine (C=N–C) groups is 4. The first-order chi connectivity index (χ1) is 19.5. The lowest BCUT2D eigenvalue weighted by atomic mass is 9.85. The Bertz CT molecular complexity index is 699. The molecule has 2 rings (SSSR count). The van der Waals surface area contributed by atoms with E-state index in [1.807, 2.05) is 0 Å². The third-order valence-corrected chi connectivity index (χ3v) is 8.91. The van der Waals surface area contributed by atoms with Crippen molar-refractivity contribution in [2.75, 3.05) is 0 Å². The van der Waals surface area contributed by atoms with Crippen LogP contribution in [0.2, 0.25) is 0 Å². The molecule has 0 aromatic carbocycles. The number of nitrogens with zero attached hydrogens (tertiary/aromatic N) is 4. The molecule has 230 valence electrons. The number of rotatable bonds is 25. The van der Waals surface area contributed by atoms with Crippen LogP contribution < -0.4 is 0 Å². The van der Waals surface area contributed by atoms with Crippen molar-refractivity contribution < 1.29 is 0 Å². The van der Waals surface area contributed by atoms with Gasteiger partial charge >= 0.3 is 0 Å². The van der Waals surface area contributed by atoms with E-state index >= 15 is 0 Å². The summed E-state index contributed by atoms with van der Waals surface area (Å²) in [5.74, 6) is 0. The molecule has 0 aromatic rings. The molecule has 0 bridgehead atoms. The lowest BCUT2D eigenvalue weighted by Gasteiger charge is -2.38. The molecule has 0 saturated heterocycles. The summed E-state index contributed by atoms with van der Waals surface area (Å²) in [5, 5.41) is 0. The van der Waals surface area contributed by atoms with Gasteiger partial charge in [0.1, 0.15) is 0 Å². The fraction of sp³-hybridized carbons (Fsp3) is 0.889. The molecule has 2 aliphatic rings. The first kappa shape index (κ1) is 34.9. The first-order valence-electron chi connectivity index (χ1n) is 17.9. The van der Waals surface area contributed by atoms with Gasteiger partial charge in [0.15, 0.2) is 11.3 Å². The number of unbranched alkanes of at least 4 members (excludes halogenated alkanes) is 12. The van der Waals surface area contributed by atoms with Gasteiger partial charge in [-0.25, -0.2) is 0 Å². The Hall–Kier alpha value is -1.32. The molecule has 0 aliphatic carbocycles. The largest absolute Gasteiger partial charge is 0.253 e. The number of hydrogen-bond acceptors (Lipinski definition) is 4. The molecule has 0 saturated carbocycles. The predicted molar refractivity (Wildman–Crippen MR) is 180 cm³/mol. The van der Waals surface area contributed by atoms with Crippen LogP contribution in [-0.4, -0.2) is 34.2 Å². The average molecular weight is 555 g/mol. The smallest absolute Gasteiger partial charge is 0.195 e. The van der Waals surface area contributed by atoms with E-state index in [0.717, 1.165) is 51.4 Å². The van der Waals surface area contributed by atoms with Crippen LogP contribution in [0.5, 0.6) is 0 Å². The summed E-state index contributed by atoms with van der Waals surface area (Å²) >= 11 is 0. The minimum atomic E-state index is -0.540. The van der Waals surface area contributed by atoms with Gasteiger partial charge in [0.05, 0.1) is 22.8 Å². The maximum atomic E-state index is 5.72. The quantitative estimate of drug-likeness (QED) is 0.101. The van der Waals surface area contributed by atoms with Crippen molar-refractivity contribution in [2.45, 2.75) is 207 Å². The van der Waals surface area contributed by atoms with E-state index in [1.54, 1.807) is 0 Å². The van der Waals surface area contributed by atoms with Crippen LogP contribution >= 0.6 is 0 Å².